The van der Waals surface area contributed by atoms with Crippen LogP contribution in [0.3, 0.4) is 0 Å². The van der Waals surface area contributed by atoms with Crippen molar-refractivity contribution < 1.29 is 23.9 Å². The lowest BCUT2D eigenvalue weighted by Crippen LogP contribution is -2.34. The van der Waals surface area contributed by atoms with E-state index in [0.29, 0.717) is 17.0 Å². The van der Waals surface area contributed by atoms with E-state index in [0.717, 1.165) is 4.90 Å². The Kier molecular flexibility index (Phi) is 2.93. The first-order valence-corrected chi connectivity index (χ1v) is 7.43. The number of carbonyl (C=O) groups is 3. The number of ketones is 1. The van der Waals surface area contributed by atoms with Gasteiger partial charge in [0, 0.05) is 5.56 Å². The number of ether oxygens (including phenoxy) is 2. The Balaban J connectivity index is 1.80. The fourth-order valence-corrected chi connectivity index (χ4v) is 3.62. The molecule has 0 N–H and O–H groups in total. The number of Topliss-reactive ketones (excluding diaryl/α,β-unsaturated/α-hetero) is 1. The van der Waals surface area contributed by atoms with Crippen LogP contribution in [0.25, 0.3) is 0 Å². The Labute approximate surface area is 132 Å². The molecule has 6 nitrogen and oxygen atoms in total. The van der Waals surface area contributed by atoms with Gasteiger partial charge >= 0.3 is 0 Å². The van der Waals surface area contributed by atoms with Crippen LogP contribution in [0.2, 0.25) is 0 Å². The smallest absolute Gasteiger partial charge is 0.240 e. The van der Waals surface area contributed by atoms with Crippen LogP contribution in [0, 0.1) is 11.8 Å². The SMILES string of the molecule is COc1ccc(C(C)=O)cc1N1C(=O)[C@@H]2[C@H](C1=O)[C@@H]1C=C[C@H]2O1. The maximum atomic E-state index is 12.8. The Morgan fingerprint density at radius 3 is 2.26 bits per heavy atom. The lowest BCUT2D eigenvalue weighted by Gasteiger charge is -2.20. The molecule has 3 aliphatic heterocycles. The summed E-state index contributed by atoms with van der Waals surface area (Å²) in [6, 6.07) is 4.75. The average molecular weight is 313 g/mol. The molecule has 118 valence electrons. The summed E-state index contributed by atoms with van der Waals surface area (Å²) in [6.45, 7) is 1.44. The van der Waals surface area contributed by atoms with Crippen LogP contribution in [-0.4, -0.2) is 36.9 Å². The molecule has 2 bridgehead atoms. The third-order valence-electron chi connectivity index (χ3n) is 4.74. The number of benzene rings is 1. The van der Waals surface area contributed by atoms with Gasteiger partial charge in [0.05, 0.1) is 36.8 Å². The van der Waals surface area contributed by atoms with Crippen molar-refractivity contribution in [3.05, 3.63) is 35.9 Å². The molecular formula is C17H15NO5. The Bertz CT molecular complexity index is 738. The highest BCUT2D eigenvalue weighted by Crippen LogP contribution is 2.47. The summed E-state index contributed by atoms with van der Waals surface area (Å²) >= 11 is 0. The molecule has 6 heteroatoms. The standard InChI is InChI=1S/C17H15NO5/c1-8(19)9-3-4-11(22-2)10(7-9)18-16(20)14-12-5-6-13(23-12)15(14)17(18)21/h3-7,12-15H,1-2H3/t12-,13+,14+,15-. The summed E-state index contributed by atoms with van der Waals surface area (Å²) in [4.78, 5) is 38.4. The molecular weight excluding hydrogens is 298 g/mol. The topological polar surface area (TPSA) is 72.9 Å². The zero-order chi connectivity index (χ0) is 16.3. The lowest BCUT2D eigenvalue weighted by atomic mass is 9.85. The number of rotatable bonds is 3. The Hall–Kier alpha value is -2.47. The molecule has 2 fully saturated rings. The molecule has 2 amide bonds. The van der Waals surface area contributed by atoms with E-state index < -0.39 is 11.8 Å². The molecule has 4 rings (SSSR count). The number of hydrogen-bond donors (Lipinski definition) is 0. The van der Waals surface area contributed by atoms with Crippen molar-refractivity contribution >= 4 is 23.3 Å². The first kappa shape index (κ1) is 14.1. The predicted octanol–water partition coefficient (Wildman–Crippen LogP) is 1.34. The Morgan fingerprint density at radius 1 is 1.13 bits per heavy atom. The summed E-state index contributed by atoms with van der Waals surface area (Å²) in [6.07, 6.45) is 3.00. The van der Waals surface area contributed by atoms with Crippen LogP contribution in [0.15, 0.2) is 30.4 Å². The van der Waals surface area contributed by atoms with E-state index in [2.05, 4.69) is 0 Å². The minimum absolute atomic E-state index is 0.140. The largest absolute Gasteiger partial charge is 0.495 e. The van der Waals surface area contributed by atoms with E-state index in [-0.39, 0.29) is 29.8 Å². The van der Waals surface area contributed by atoms with E-state index in [9.17, 15) is 14.4 Å². The van der Waals surface area contributed by atoms with E-state index in [1.807, 2.05) is 12.2 Å². The van der Waals surface area contributed by atoms with Crippen molar-refractivity contribution in [2.45, 2.75) is 19.1 Å². The summed E-state index contributed by atoms with van der Waals surface area (Å²) in [5.74, 6) is -1.31. The third-order valence-corrected chi connectivity index (χ3v) is 4.74. The zero-order valence-corrected chi connectivity index (χ0v) is 12.7. The van der Waals surface area contributed by atoms with Crippen LogP contribution in [-0.2, 0) is 14.3 Å². The van der Waals surface area contributed by atoms with Gasteiger partial charge in [-0.2, -0.15) is 0 Å². The molecule has 0 spiro atoms. The molecule has 0 unspecified atom stereocenters. The number of fused-ring (bicyclic) bond motifs is 5. The highest BCUT2D eigenvalue weighted by atomic mass is 16.5. The molecule has 1 aromatic rings. The highest BCUT2D eigenvalue weighted by Gasteiger charge is 2.61. The second kappa shape index (κ2) is 4.76. The van der Waals surface area contributed by atoms with E-state index in [1.165, 1.54) is 20.1 Å². The van der Waals surface area contributed by atoms with E-state index >= 15 is 0 Å². The highest BCUT2D eigenvalue weighted by molar-refractivity contribution is 6.24. The van der Waals surface area contributed by atoms with Crippen molar-refractivity contribution in [1.29, 1.82) is 0 Å². The van der Waals surface area contributed by atoms with Crippen molar-refractivity contribution in [1.82, 2.24) is 0 Å². The summed E-state index contributed by atoms with van der Waals surface area (Å²) in [5.41, 5.74) is 0.750. The first-order chi connectivity index (χ1) is 11.0. The fraction of sp³-hybridized carbons (Fsp3) is 0.353. The fourth-order valence-electron chi connectivity index (χ4n) is 3.62. The van der Waals surface area contributed by atoms with Gasteiger partial charge in [0.1, 0.15) is 5.75 Å². The molecule has 0 aliphatic carbocycles. The number of nitrogens with zero attached hydrogens (tertiary/aromatic N) is 1. The second-order valence-electron chi connectivity index (χ2n) is 5.96. The number of imide groups is 1. The Morgan fingerprint density at radius 2 is 1.74 bits per heavy atom. The van der Waals surface area contributed by atoms with Crippen molar-refractivity contribution in [3.8, 4) is 5.75 Å². The van der Waals surface area contributed by atoms with Crippen LogP contribution in [0.1, 0.15) is 17.3 Å². The van der Waals surface area contributed by atoms with E-state index in [4.69, 9.17) is 9.47 Å². The minimum Gasteiger partial charge on any atom is -0.495 e. The molecule has 0 radical (unpaired) electrons. The molecule has 2 saturated heterocycles. The summed E-state index contributed by atoms with van der Waals surface area (Å²) < 4.78 is 10.9. The molecule has 4 atom stereocenters. The van der Waals surface area contributed by atoms with Gasteiger partial charge in [0.15, 0.2) is 5.78 Å². The van der Waals surface area contributed by atoms with Gasteiger partial charge < -0.3 is 9.47 Å². The second-order valence-corrected chi connectivity index (χ2v) is 5.96. The van der Waals surface area contributed by atoms with Crippen molar-refractivity contribution in [2.24, 2.45) is 11.8 Å². The van der Waals surface area contributed by atoms with Gasteiger partial charge in [-0.1, -0.05) is 12.2 Å². The van der Waals surface area contributed by atoms with Gasteiger partial charge in [-0.15, -0.1) is 0 Å². The van der Waals surface area contributed by atoms with Crippen LogP contribution < -0.4 is 9.64 Å². The average Bonchev–Trinajstić information content (AvgIpc) is 3.21. The van der Waals surface area contributed by atoms with Gasteiger partial charge in [-0.25, -0.2) is 4.90 Å². The molecule has 1 aromatic carbocycles. The number of anilines is 1. The predicted molar refractivity (Wildman–Crippen MR) is 80.3 cm³/mol. The van der Waals surface area contributed by atoms with Crippen LogP contribution in [0.4, 0.5) is 5.69 Å². The number of hydrogen-bond acceptors (Lipinski definition) is 5. The molecule has 23 heavy (non-hydrogen) atoms. The van der Waals surface area contributed by atoms with E-state index in [1.54, 1.807) is 12.1 Å². The lowest BCUT2D eigenvalue weighted by molar-refractivity contribution is -0.124. The molecule has 3 aliphatic rings. The first-order valence-electron chi connectivity index (χ1n) is 7.43. The quantitative estimate of drug-likeness (QED) is 0.478. The maximum absolute atomic E-state index is 12.8. The minimum atomic E-state index is -0.483. The van der Waals surface area contributed by atoms with Gasteiger partial charge in [0.25, 0.3) is 0 Å². The molecule has 3 heterocycles. The van der Waals surface area contributed by atoms with Crippen molar-refractivity contribution in [3.63, 3.8) is 0 Å². The van der Waals surface area contributed by atoms with Crippen LogP contribution >= 0.6 is 0 Å². The maximum Gasteiger partial charge on any atom is 0.240 e. The summed E-state index contributed by atoms with van der Waals surface area (Å²) in [7, 11) is 1.46. The van der Waals surface area contributed by atoms with Gasteiger partial charge in [-0.3, -0.25) is 14.4 Å². The molecule has 0 saturated carbocycles. The number of carbonyl (C=O) groups excluding carboxylic acids is 3. The zero-order valence-electron chi connectivity index (χ0n) is 12.7. The normalized spacial score (nSPS) is 31.0. The number of amides is 2. The monoisotopic (exact) mass is 313 g/mol. The van der Waals surface area contributed by atoms with Gasteiger partial charge in [0.2, 0.25) is 11.8 Å². The third kappa shape index (κ3) is 1.81. The van der Waals surface area contributed by atoms with Crippen molar-refractivity contribution in [2.75, 3.05) is 12.0 Å². The van der Waals surface area contributed by atoms with Gasteiger partial charge in [-0.05, 0) is 25.1 Å². The van der Waals surface area contributed by atoms with Crippen LogP contribution in [0.5, 0.6) is 5.75 Å². The summed E-state index contributed by atoms with van der Waals surface area (Å²) in [5, 5.41) is 0. The number of methoxy groups -OCH3 is 1. The molecule has 0 aromatic heterocycles.